The number of hydrogen-bond acceptors (Lipinski definition) is 8. The van der Waals surface area contributed by atoms with Crippen molar-refractivity contribution >= 4 is 28.1 Å². The predicted molar refractivity (Wildman–Crippen MR) is 120 cm³/mol. The largest absolute Gasteiger partial charge is 0.366 e. The number of nitriles is 1. The van der Waals surface area contributed by atoms with Crippen molar-refractivity contribution in [2.24, 2.45) is 0 Å². The Balaban J connectivity index is 1.38. The van der Waals surface area contributed by atoms with Gasteiger partial charge in [0.1, 0.15) is 23.7 Å². The van der Waals surface area contributed by atoms with E-state index in [0.717, 1.165) is 12.8 Å². The standard InChI is InChI=1S/C22H26N6O3S/c23-13-17-14-24-22(27-21(17)25-18-3-1-2-4-18)26-19-9-11-28(12-10-19)32(30,31)20-7-5-16(15-29)6-8-20/h5-8,14-15,18-19H,1-4,9-12H2,(H2,24,25,26,27). The summed E-state index contributed by atoms with van der Waals surface area (Å²) >= 11 is 0. The van der Waals surface area contributed by atoms with Crippen molar-refractivity contribution in [1.82, 2.24) is 14.3 Å². The van der Waals surface area contributed by atoms with Gasteiger partial charge in [0, 0.05) is 30.7 Å². The van der Waals surface area contributed by atoms with E-state index in [4.69, 9.17) is 0 Å². The molecule has 1 saturated heterocycles. The minimum Gasteiger partial charge on any atom is -0.366 e. The van der Waals surface area contributed by atoms with Gasteiger partial charge in [0.25, 0.3) is 0 Å². The normalized spacial score (nSPS) is 18.2. The zero-order valence-corrected chi connectivity index (χ0v) is 18.5. The molecule has 2 fully saturated rings. The van der Waals surface area contributed by atoms with E-state index >= 15 is 0 Å². The molecule has 2 heterocycles. The summed E-state index contributed by atoms with van der Waals surface area (Å²) in [4.78, 5) is 19.8. The summed E-state index contributed by atoms with van der Waals surface area (Å²) in [6.45, 7) is 0.748. The van der Waals surface area contributed by atoms with Gasteiger partial charge in [0.2, 0.25) is 16.0 Å². The number of sulfonamides is 1. The Morgan fingerprint density at radius 2 is 1.69 bits per heavy atom. The maximum Gasteiger partial charge on any atom is 0.243 e. The highest BCUT2D eigenvalue weighted by atomic mass is 32.2. The summed E-state index contributed by atoms with van der Waals surface area (Å²) < 4.78 is 27.2. The van der Waals surface area contributed by atoms with E-state index in [2.05, 4.69) is 26.7 Å². The number of carbonyl (C=O) groups excluding carboxylic acids is 1. The van der Waals surface area contributed by atoms with E-state index in [0.29, 0.717) is 61.2 Å². The van der Waals surface area contributed by atoms with E-state index in [1.807, 2.05) is 0 Å². The van der Waals surface area contributed by atoms with Gasteiger partial charge in [-0.05, 0) is 37.8 Å². The first kappa shape index (κ1) is 22.2. The minimum absolute atomic E-state index is 0.0335. The molecule has 9 nitrogen and oxygen atoms in total. The van der Waals surface area contributed by atoms with E-state index in [1.54, 1.807) is 0 Å². The number of piperidine rings is 1. The fourth-order valence-corrected chi connectivity index (χ4v) is 5.67. The second-order valence-electron chi connectivity index (χ2n) is 8.20. The van der Waals surface area contributed by atoms with Crippen LogP contribution in [0.4, 0.5) is 11.8 Å². The van der Waals surface area contributed by atoms with Crippen LogP contribution < -0.4 is 10.6 Å². The maximum absolute atomic E-state index is 12.9. The Labute approximate surface area is 187 Å². The zero-order chi connectivity index (χ0) is 22.6. The van der Waals surface area contributed by atoms with E-state index < -0.39 is 10.0 Å². The van der Waals surface area contributed by atoms with Gasteiger partial charge in [-0.3, -0.25) is 4.79 Å². The van der Waals surface area contributed by atoms with Crippen molar-refractivity contribution in [1.29, 1.82) is 5.26 Å². The predicted octanol–water partition coefficient (Wildman–Crippen LogP) is 2.78. The van der Waals surface area contributed by atoms with Crippen LogP contribution in [-0.4, -0.2) is 54.2 Å². The molecule has 1 saturated carbocycles. The second-order valence-corrected chi connectivity index (χ2v) is 10.1. The van der Waals surface area contributed by atoms with E-state index in [9.17, 15) is 18.5 Å². The molecule has 0 spiro atoms. The van der Waals surface area contributed by atoms with Crippen LogP contribution in [0.2, 0.25) is 0 Å². The summed E-state index contributed by atoms with van der Waals surface area (Å²) in [5.41, 5.74) is 0.861. The first-order valence-corrected chi connectivity index (χ1v) is 12.3. The summed E-state index contributed by atoms with van der Waals surface area (Å²) in [7, 11) is -3.60. The third kappa shape index (κ3) is 4.89. The monoisotopic (exact) mass is 454 g/mol. The Bertz CT molecular complexity index is 1100. The van der Waals surface area contributed by atoms with Crippen LogP contribution in [-0.2, 0) is 10.0 Å². The average Bonchev–Trinajstić information content (AvgIpc) is 3.33. The number of aldehydes is 1. The van der Waals surface area contributed by atoms with E-state index in [1.165, 1.54) is 47.6 Å². The van der Waals surface area contributed by atoms with Gasteiger partial charge >= 0.3 is 0 Å². The molecule has 0 unspecified atom stereocenters. The summed E-state index contributed by atoms with van der Waals surface area (Å²) in [5, 5.41) is 16.0. The number of carbonyl (C=O) groups is 1. The molecule has 2 N–H and O–H groups in total. The SMILES string of the molecule is N#Cc1cnc(NC2CCN(S(=O)(=O)c3ccc(C=O)cc3)CC2)nc1NC1CCCC1. The van der Waals surface area contributed by atoms with E-state index in [-0.39, 0.29) is 10.9 Å². The lowest BCUT2D eigenvalue weighted by Crippen LogP contribution is -2.42. The molecule has 1 aliphatic carbocycles. The first-order valence-electron chi connectivity index (χ1n) is 10.8. The molecule has 32 heavy (non-hydrogen) atoms. The molecular weight excluding hydrogens is 428 g/mol. The quantitative estimate of drug-likeness (QED) is 0.611. The van der Waals surface area contributed by atoms with Crippen molar-refractivity contribution in [3.63, 3.8) is 0 Å². The summed E-state index contributed by atoms with van der Waals surface area (Å²) in [5.74, 6) is 0.992. The van der Waals surface area contributed by atoms with Gasteiger partial charge in [0.15, 0.2) is 0 Å². The molecule has 0 atom stereocenters. The highest BCUT2D eigenvalue weighted by Crippen LogP contribution is 2.25. The maximum atomic E-state index is 12.9. The minimum atomic E-state index is -3.60. The molecule has 168 valence electrons. The summed E-state index contributed by atoms with van der Waals surface area (Å²) in [6.07, 6.45) is 7.94. The molecule has 0 amide bonds. The van der Waals surface area contributed by atoms with Crippen molar-refractivity contribution in [3.05, 3.63) is 41.6 Å². The van der Waals surface area contributed by atoms with Crippen LogP contribution in [0, 0.1) is 11.3 Å². The fraction of sp³-hybridized carbons (Fsp3) is 0.455. The van der Waals surface area contributed by atoms with Gasteiger partial charge in [-0.1, -0.05) is 25.0 Å². The third-order valence-corrected chi connectivity index (χ3v) is 7.96. The first-order chi connectivity index (χ1) is 15.5. The number of nitrogens with one attached hydrogen (secondary N) is 2. The number of benzene rings is 1. The lowest BCUT2D eigenvalue weighted by molar-refractivity contribution is 0.112. The number of nitrogens with zero attached hydrogens (tertiary/aromatic N) is 4. The lowest BCUT2D eigenvalue weighted by atomic mass is 10.1. The van der Waals surface area contributed by atoms with Gasteiger partial charge in [-0.2, -0.15) is 14.6 Å². The smallest absolute Gasteiger partial charge is 0.243 e. The van der Waals surface area contributed by atoms with Crippen LogP contribution in [0.1, 0.15) is 54.4 Å². The van der Waals surface area contributed by atoms with Crippen LogP contribution in [0.5, 0.6) is 0 Å². The number of aromatic nitrogens is 2. The summed E-state index contributed by atoms with van der Waals surface area (Å²) in [6, 6.07) is 8.45. The van der Waals surface area contributed by atoms with Gasteiger partial charge in [0.05, 0.1) is 11.1 Å². The van der Waals surface area contributed by atoms with Crippen LogP contribution in [0.3, 0.4) is 0 Å². The van der Waals surface area contributed by atoms with Gasteiger partial charge in [-0.25, -0.2) is 13.4 Å². The van der Waals surface area contributed by atoms with Crippen molar-refractivity contribution in [2.75, 3.05) is 23.7 Å². The molecule has 0 bridgehead atoms. The Hall–Kier alpha value is -3.03. The molecular formula is C22H26N6O3S. The van der Waals surface area contributed by atoms with Crippen LogP contribution >= 0.6 is 0 Å². The fourth-order valence-electron chi connectivity index (χ4n) is 4.20. The lowest BCUT2D eigenvalue weighted by Gasteiger charge is -2.31. The second kappa shape index (κ2) is 9.63. The topological polar surface area (TPSA) is 128 Å². The molecule has 10 heteroatoms. The van der Waals surface area contributed by atoms with Crippen LogP contribution in [0.15, 0.2) is 35.4 Å². The molecule has 2 aromatic rings. The third-order valence-electron chi connectivity index (χ3n) is 6.05. The van der Waals surface area contributed by atoms with Crippen LogP contribution in [0.25, 0.3) is 0 Å². The van der Waals surface area contributed by atoms with Gasteiger partial charge < -0.3 is 10.6 Å². The highest BCUT2D eigenvalue weighted by Gasteiger charge is 2.29. The molecule has 2 aliphatic rings. The Morgan fingerprint density at radius 3 is 2.31 bits per heavy atom. The molecule has 1 aromatic carbocycles. The molecule has 1 aromatic heterocycles. The highest BCUT2D eigenvalue weighted by molar-refractivity contribution is 7.89. The number of hydrogen-bond donors (Lipinski definition) is 2. The average molecular weight is 455 g/mol. The molecule has 1 aliphatic heterocycles. The molecule has 0 radical (unpaired) electrons. The molecule has 4 rings (SSSR count). The number of anilines is 2. The van der Waals surface area contributed by atoms with Crippen molar-refractivity contribution < 1.29 is 13.2 Å². The van der Waals surface area contributed by atoms with Crippen molar-refractivity contribution in [2.45, 2.75) is 55.5 Å². The Morgan fingerprint density at radius 1 is 1.03 bits per heavy atom. The zero-order valence-electron chi connectivity index (χ0n) is 17.7. The Kier molecular flexibility index (Phi) is 6.67. The van der Waals surface area contributed by atoms with Crippen molar-refractivity contribution in [3.8, 4) is 6.07 Å². The number of rotatable bonds is 7. The van der Waals surface area contributed by atoms with Gasteiger partial charge in [-0.15, -0.1) is 0 Å².